The monoisotopic (exact) mass is 301 g/mol. The zero-order chi connectivity index (χ0) is 13.8. The summed E-state index contributed by atoms with van der Waals surface area (Å²) in [6.45, 7) is 2.18. The molecule has 0 aliphatic carbocycles. The Hall–Kier alpha value is -0.770. The van der Waals surface area contributed by atoms with Crippen LogP contribution in [0, 0.1) is 5.92 Å². The van der Waals surface area contributed by atoms with Crippen molar-refractivity contribution in [1.82, 2.24) is 4.90 Å². The molecule has 3 nitrogen and oxygen atoms in total. The predicted octanol–water partition coefficient (Wildman–Crippen LogP) is 3.42. The van der Waals surface area contributed by atoms with Gasteiger partial charge in [-0.15, -0.1) is 11.6 Å². The summed E-state index contributed by atoms with van der Waals surface area (Å²) in [5.41, 5.74) is 1.02. The van der Waals surface area contributed by atoms with E-state index in [1.807, 2.05) is 24.3 Å². The van der Waals surface area contributed by atoms with Crippen molar-refractivity contribution >= 4 is 29.2 Å². The number of likely N-dealkylation sites (tertiary alicyclic amines) is 1. The van der Waals surface area contributed by atoms with Gasteiger partial charge in [-0.3, -0.25) is 4.79 Å². The number of carbonyl (C=O) groups is 1. The molecule has 0 spiro atoms. The van der Waals surface area contributed by atoms with Crippen LogP contribution in [0.15, 0.2) is 24.3 Å². The number of piperidine rings is 1. The fraction of sp³-hybridized carbons (Fsp3) is 0.500. The molecule has 2 unspecified atom stereocenters. The topological polar surface area (TPSA) is 40.5 Å². The molecule has 2 atom stereocenters. The predicted molar refractivity (Wildman–Crippen MR) is 76.8 cm³/mol. The molecule has 1 aromatic carbocycles. The molecule has 1 fully saturated rings. The van der Waals surface area contributed by atoms with Gasteiger partial charge in [0.2, 0.25) is 0 Å². The van der Waals surface area contributed by atoms with Crippen LogP contribution in [-0.2, 0) is 4.79 Å². The molecular formula is C14H17Cl2NO2. The summed E-state index contributed by atoms with van der Waals surface area (Å²) in [6, 6.07) is 7.47. The first-order chi connectivity index (χ1) is 9.06. The van der Waals surface area contributed by atoms with Crippen LogP contribution >= 0.6 is 23.2 Å². The molecular weight excluding hydrogens is 285 g/mol. The third kappa shape index (κ3) is 4.10. The minimum Gasteiger partial charge on any atom is -0.481 e. The lowest BCUT2D eigenvalue weighted by molar-refractivity contribution is -0.143. The first-order valence-electron chi connectivity index (χ1n) is 6.41. The lowest BCUT2D eigenvalue weighted by Gasteiger charge is -2.32. The molecule has 5 heteroatoms. The summed E-state index contributed by atoms with van der Waals surface area (Å²) in [7, 11) is 0. The molecule has 2 rings (SSSR count). The summed E-state index contributed by atoms with van der Waals surface area (Å²) >= 11 is 12.2. The van der Waals surface area contributed by atoms with Crippen LogP contribution in [0.3, 0.4) is 0 Å². The molecule has 0 radical (unpaired) electrons. The van der Waals surface area contributed by atoms with Gasteiger partial charge in [0, 0.05) is 18.1 Å². The maximum atomic E-state index is 11.0. The largest absolute Gasteiger partial charge is 0.481 e. The fourth-order valence-corrected chi connectivity index (χ4v) is 2.89. The van der Waals surface area contributed by atoms with Crippen LogP contribution in [-0.4, -0.2) is 35.6 Å². The second-order valence-electron chi connectivity index (χ2n) is 4.96. The number of nitrogens with zero attached hydrogens (tertiary/aromatic N) is 1. The lowest BCUT2D eigenvalue weighted by atomic mass is 9.98. The molecule has 1 heterocycles. The number of carboxylic acid groups (broad SMARTS) is 1. The fourth-order valence-electron chi connectivity index (χ4n) is 2.43. The van der Waals surface area contributed by atoms with Gasteiger partial charge in [-0.1, -0.05) is 23.7 Å². The third-order valence-electron chi connectivity index (χ3n) is 3.50. The number of benzene rings is 1. The van der Waals surface area contributed by atoms with Crippen molar-refractivity contribution in [1.29, 1.82) is 0 Å². The lowest BCUT2D eigenvalue weighted by Crippen LogP contribution is -2.40. The summed E-state index contributed by atoms with van der Waals surface area (Å²) in [6.07, 6.45) is 1.68. The Morgan fingerprint density at radius 2 is 2.11 bits per heavy atom. The summed E-state index contributed by atoms with van der Waals surface area (Å²) in [5.74, 6) is -0.967. The second-order valence-corrected chi connectivity index (χ2v) is 5.92. The number of rotatable bonds is 4. The van der Waals surface area contributed by atoms with Gasteiger partial charge in [0.1, 0.15) is 0 Å². The third-order valence-corrected chi connectivity index (χ3v) is 4.15. The van der Waals surface area contributed by atoms with Gasteiger partial charge in [-0.05, 0) is 37.1 Å². The molecule has 1 saturated heterocycles. The van der Waals surface area contributed by atoms with E-state index < -0.39 is 5.97 Å². The van der Waals surface area contributed by atoms with Gasteiger partial charge in [0.05, 0.1) is 11.3 Å². The molecule has 1 aliphatic rings. The second kappa shape index (κ2) is 6.60. The normalized spacial score (nSPS) is 22.1. The average Bonchev–Trinajstić information content (AvgIpc) is 2.39. The van der Waals surface area contributed by atoms with Crippen LogP contribution in [0.4, 0.5) is 0 Å². The Labute approximate surface area is 123 Å². The van der Waals surface area contributed by atoms with E-state index >= 15 is 0 Å². The SMILES string of the molecule is O=C(O)C1CCCN(CC(Cl)c2ccc(Cl)cc2)C1. The highest BCUT2D eigenvalue weighted by Crippen LogP contribution is 2.25. The van der Waals surface area contributed by atoms with Crippen molar-refractivity contribution in [3.63, 3.8) is 0 Å². The van der Waals surface area contributed by atoms with Crippen molar-refractivity contribution in [2.75, 3.05) is 19.6 Å². The maximum Gasteiger partial charge on any atom is 0.307 e. The number of hydrogen-bond acceptors (Lipinski definition) is 2. The van der Waals surface area contributed by atoms with Crippen molar-refractivity contribution in [2.24, 2.45) is 5.92 Å². The van der Waals surface area contributed by atoms with E-state index in [9.17, 15) is 4.79 Å². The Morgan fingerprint density at radius 1 is 1.42 bits per heavy atom. The number of halogens is 2. The Morgan fingerprint density at radius 3 is 2.74 bits per heavy atom. The van der Waals surface area contributed by atoms with E-state index in [1.165, 1.54) is 0 Å². The Balaban J connectivity index is 1.93. The van der Waals surface area contributed by atoms with E-state index in [-0.39, 0.29) is 11.3 Å². The molecule has 0 bridgehead atoms. The van der Waals surface area contributed by atoms with Crippen LogP contribution in [0.2, 0.25) is 5.02 Å². The highest BCUT2D eigenvalue weighted by atomic mass is 35.5. The smallest absolute Gasteiger partial charge is 0.307 e. The maximum absolute atomic E-state index is 11.0. The zero-order valence-electron chi connectivity index (χ0n) is 10.6. The summed E-state index contributed by atoms with van der Waals surface area (Å²) < 4.78 is 0. The molecule has 19 heavy (non-hydrogen) atoms. The molecule has 1 aliphatic heterocycles. The van der Waals surface area contributed by atoms with E-state index in [2.05, 4.69) is 4.90 Å². The molecule has 0 saturated carbocycles. The Kier molecular flexibility index (Phi) is 5.08. The van der Waals surface area contributed by atoms with Crippen molar-refractivity contribution < 1.29 is 9.90 Å². The standard InChI is InChI=1S/C14H17Cl2NO2/c15-12-5-3-10(4-6-12)13(16)9-17-7-1-2-11(8-17)14(18)19/h3-6,11,13H,1-2,7-9H2,(H,18,19). The number of hydrogen-bond donors (Lipinski definition) is 1. The summed E-state index contributed by atoms with van der Waals surface area (Å²) in [5, 5.41) is 9.62. The van der Waals surface area contributed by atoms with E-state index in [1.54, 1.807) is 0 Å². The molecule has 1 aromatic rings. The quantitative estimate of drug-likeness (QED) is 0.866. The van der Waals surface area contributed by atoms with Gasteiger partial charge in [-0.25, -0.2) is 0 Å². The van der Waals surface area contributed by atoms with Crippen molar-refractivity contribution in [3.05, 3.63) is 34.9 Å². The van der Waals surface area contributed by atoms with Gasteiger partial charge < -0.3 is 10.0 Å². The Bertz CT molecular complexity index is 436. The highest BCUT2D eigenvalue weighted by Gasteiger charge is 2.26. The minimum absolute atomic E-state index is 0.134. The van der Waals surface area contributed by atoms with Gasteiger partial charge in [-0.2, -0.15) is 0 Å². The average molecular weight is 302 g/mol. The van der Waals surface area contributed by atoms with Crippen LogP contribution < -0.4 is 0 Å². The van der Waals surface area contributed by atoms with Gasteiger partial charge in [0.15, 0.2) is 0 Å². The molecule has 1 N–H and O–H groups in total. The van der Waals surface area contributed by atoms with E-state index in [4.69, 9.17) is 28.3 Å². The minimum atomic E-state index is -0.706. The molecule has 104 valence electrons. The van der Waals surface area contributed by atoms with E-state index in [0.29, 0.717) is 18.1 Å². The number of carboxylic acids is 1. The first kappa shape index (κ1) is 14.6. The van der Waals surface area contributed by atoms with Gasteiger partial charge >= 0.3 is 5.97 Å². The van der Waals surface area contributed by atoms with Crippen LogP contribution in [0.25, 0.3) is 0 Å². The van der Waals surface area contributed by atoms with Crippen molar-refractivity contribution in [3.8, 4) is 0 Å². The zero-order valence-corrected chi connectivity index (χ0v) is 12.1. The first-order valence-corrected chi connectivity index (χ1v) is 7.22. The number of alkyl halides is 1. The van der Waals surface area contributed by atoms with Gasteiger partial charge in [0.25, 0.3) is 0 Å². The molecule has 0 amide bonds. The molecule has 0 aromatic heterocycles. The van der Waals surface area contributed by atoms with Crippen LogP contribution in [0.5, 0.6) is 0 Å². The van der Waals surface area contributed by atoms with E-state index in [0.717, 1.165) is 24.9 Å². The summed E-state index contributed by atoms with van der Waals surface area (Å²) in [4.78, 5) is 13.2. The number of aliphatic carboxylic acids is 1. The van der Waals surface area contributed by atoms with Crippen molar-refractivity contribution in [2.45, 2.75) is 18.2 Å². The highest BCUT2D eigenvalue weighted by molar-refractivity contribution is 6.30. The van der Waals surface area contributed by atoms with Crippen LogP contribution in [0.1, 0.15) is 23.8 Å².